The molecule has 20 heavy (non-hydrogen) atoms. The van der Waals surface area contributed by atoms with Crippen LogP contribution in [-0.4, -0.2) is 5.97 Å². The van der Waals surface area contributed by atoms with Gasteiger partial charge in [0.05, 0.1) is 0 Å². The Labute approximate surface area is 121 Å². The van der Waals surface area contributed by atoms with Crippen LogP contribution in [-0.2, 0) is 9.53 Å². The maximum atomic E-state index is 11.7. The van der Waals surface area contributed by atoms with Crippen LogP contribution in [0, 0.1) is 0 Å². The third-order valence-electron chi connectivity index (χ3n) is 3.24. The highest BCUT2D eigenvalue weighted by Gasteiger charge is 2.31. The molecule has 2 N–H and O–H groups in total. The SMILES string of the molecule is C/C=C(/C=C1\OC(=O)C2=C1CCCC2)\C=C(/C)N.CC. The number of nitrogens with two attached hydrogens (primary N) is 1. The van der Waals surface area contributed by atoms with E-state index in [-0.39, 0.29) is 5.97 Å². The standard InChI is InChI=1S/C15H19NO2.C2H6/c1-3-11(8-10(2)16)9-14-12-6-4-5-7-13(12)15(17)18-14;1-2/h3,8-9H,4-7,16H2,1-2H3;1-2H3/b10-8+,11-3+,14-9-;. The number of esters is 1. The van der Waals surface area contributed by atoms with Crippen LogP contribution in [0.15, 0.2) is 46.4 Å². The summed E-state index contributed by atoms with van der Waals surface area (Å²) in [7, 11) is 0. The Kier molecular flexibility index (Phi) is 6.29. The van der Waals surface area contributed by atoms with Crippen LogP contribution < -0.4 is 5.73 Å². The molecule has 1 aliphatic heterocycles. The molecule has 0 fully saturated rings. The molecule has 3 nitrogen and oxygen atoms in total. The molecule has 1 aliphatic carbocycles. The number of ether oxygens (including phenoxy) is 1. The lowest BCUT2D eigenvalue weighted by atomic mass is 9.92. The fraction of sp³-hybridized carbons (Fsp3) is 0.471. The third-order valence-corrected chi connectivity index (χ3v) is 3.24. The molecule has 2 rings (SSSR count). The predicted molar refractivity (Wildman–Crippen MR) is 82.7 cm³/mol. The zero-order chi connectivity index (χ0) is 15.1. The second-order valence-corrected chi connectivity index (χ2v) is 4.74. The summed E-state index contributed by atoms with van der Waals surface area (Å²) in [6.45, 7) is 7.78. The first-order valence-electron chi connectivity index (χ1n) is 7.38. The van der Waals surface area contributed by atoms with Crippen LogP contribution in [0.25, 0.3) is 0 Å². The Morgan fingerprint density at radius 2 is 1.80 bits per heavy atom. The molecule has 0 saturated heterocycles. The number of allylic oxidation sites excluding steroid dienone is 6. The molecule has 0 aromatic heterocycles. The van der Waals surface area contributed by atoms with Crippen molar-refractivity contribution in [1.29, 1.82) is 0 Å². The Morgan fingerprint density at radius 3 is 2.35 bits per heavy atom. The molecular formula is C17H25NO2. The topological polar surface area (TPSA) is 52.3 Å². The van der Waals surface area contributed by atoms with Gasteiger partial charge in [0.2, 0.25) is 0 Å². The Bertz CT molecular complexity index is 489. The van der Waals surface area contributed by atoms with Gasteiger partial charge in [-0.2, -0.15) is 0 Å². The molecule has 0 radical (unpaired) electrons. The average molecular weight is 275 g/mol. The van der Waals surface area contributed by atoms with E-state index in [1.165, 1.54) is 0 Å². The van der Waals surface area contributed by atoms with Crippen LogP contribution in [0.2, 0.25) is 0 Å². The van der Waals surface area contributed by atoms with Crippen molar-refractivity contribution >= 4 is 5.97 Å². The van der Waals surface area contributed by atoms with Crippen LogP contribution in [0.1, 0.15) is 53.4 Å². The molecule has 0 bridgehead atoms. The molecule has 0 spiro atoms. The van der Waals surface area contributed by atoms with Crippen LogP contribution >= 0.6 is 0 Å². The minimum Gasteiger partial charge on any atom is -0.423 e. The van der Waals surface area contributed by atoms with Crippen molar-refractivity contribution in [2.75, 3.05) is 0 Å². The van der Waals surface area contributed by atoms with Gasteiger partial charge in [-0.05, 0) is 57.3 Å². The zero-order valence-electron chi connectivity index (χ0n) is 13.0. The summed E-state index contributed by atoms with van der Waals surface area (Å²) in [5.41, 5.74) is 9.34. The van der Waals surface area contributed by atoms with E-state index in [1.807, 2.05) is 45.9 Å². The van der Waals surface area contributed by atoms with E-state index >= 15 is 0 Å². The summed E-state index contributed by atoms with van der Waals surface area (Å²) < 4.78 is 5.36. The van der Waals surface area contributed by atoms with Gasteiger partial charge in [-0.15, -0.1) is 0 Å². The number of hydrogen-bond acceptors (Lipinski definition) is 3. The van der Waals surface area contributed by atoms with Gasteiger partial charge in [0.15, 0.2) is 0 Å². The molecule has 1 heterocycles. The Hall–Kier alpha value is -1.77. The maximum absolute atomic E-state index is 11.7. The number of rotatable bonds is 2. The van der Waals surface area contributed by atoms with Crippen LogP contribution in [0.5, 0.6) is 0 Å². The van der Waals surface area contributed by atoms with Crippen molar-refractivity contribution in [1.82, 2.24) is 0 Å². The largest absolute Gasteiger partial charge is 0.423 e. The van der Waals surface area contributed by atoms with Crippen molar-refractivity contribution in [3.63, 3.8) is 0 Å². The second-order valence-electron chi connectivity index (χ2n) is 4.74. The molecular weight excluding hydrogens is 250 g/mol. The fourth-order valence-corrected chi connectivity index (χ4v) is 2.36. The highest BCUT2D eigenvalue weighted by atomic mass is 16.5. The van der Waals surface area contributed by atoms with E-state index in [1.54, 1.807) is 0 Å². The Morgan fingerprint density at radius 1 is 1.20 bits per heavy atom. The number of hydrogen-bond donors (Lipinski definition) is 1. The van der Waals surface area contributed by atoms with Gasteiger partial charge in [-0.25, -0.2) is 4.79 Å². The lowest BCUT2D eigenvalue weighted by Crippen LogP contribution is -2.01. The summed E-state index contributed by atoms with van der Waals surface area (Å²) in [6, 6.07) is 0. The van der Waals surface area contributed by atoms with E-state index < -0.39 is 0 Å². The molecule has 0 saturated carbocycles. The molecule has 0 atom stereocenters. The smallest absolute Gasteiger partial charge is 0.339 e. The van der Waals surface area contributed by atoms with E-state index in [0.717, 1.165) is 48.1 Å². The van der Waals surface area contributed by atoms with Gasteiger partial charge in [-0.3, -0.25) is 0 Å². The molecule has 0 amide bonds. The Balaban J connectivity index is 0.000000956. The average Bonchev–Trinajstić information content (AvgIpc) is 2.77. The summed E-state index contributed by atoms with van der Waals surface area (Å²) >= 11 is 0. The third kappa shape index (κ3) is 3.86. The number of carbonyl (C=O) groups is 1. The van der Waals surface area contributed by atoms with E-state index in [4.69, 9.17) is 10.5 Å². The molecule has 0 unspecified atom stereocenters. The predicted octanol–water partition coefficient (Wildman–Crippen LogP) is 4.13. The van der Waals surface area contributed by atoms with Gasteiger partial charge in [-0.1, -0.05) is 19.9 Å². The maximum Gasteiger partial charge on any atom is 0.339 e. The first-order chi connectivity index (χ1) is 9.61. The first-order valence-corrected chi connectivity index (χ1v) is 7.38. The first kappa shape index (κ1) is 16.3. The van der Waals surface area contributed by atoms with E-state index in [9.17, 15) is 4.79 Å². The lowest BCUT2D eigenvalue weighted by molar-refractivity contribution is -0.133. The monoisotopic (exact) mass is 275 g/mol. The van der Waals surface area contributed by atoms with Crippen molar-refractivity contribution < 1.29 is 9.53 Å². The highest BCUT2D eigenvalue weighted by Crippen LogP contribution is 2.37. The molecule has 110 valence electrons. The highest BCUT2D eigenvalue weighted by molar-refractivity contribution is 5.94. The summed E-state index contributed by atoms with van der Waals surface area (Å²) in [5.74, 6) is 0.542. The quantitative estimate of drug-likeness (QED) is 0.609. The van der Waals surface area contributed by atoms with Crippen molar-refractivity contribution in [2.24, 2.45) is 5.73 Å². The van der Waals surface area contributed by atoms with Gasteiger partial charge in [0.25, 0.3) is 0 Å². The summed E-state index contributed by atoms with van der Waals surface area (Å²) in [4.78, 5) is 11.7. The van der Waals surface area contributed by atoms with Gasteiger partial charge < -0.3 is 10.5 Å². The minimum absolute atomic E-state index is 0.167. The summed E-state index contributed by atoms with van der Waals surface area (Å²) in [5, 5.41) is 0. The van der Waals surface area contributed by atoms with Crippen LogP contribution in [0.4, 0.5) is 0 Å². The number of carbonyl (C=O) groups excluding carboxylic acids is 1. The van der Waals surface area contributed by atoms with Gasteiger partial charge >= 0.3 is 5.97 Å². The van der Waals surface area contributed by atoms with Crippen molar-refractivity contribution in [2.45, 2.75) is 53.4 Å². The zero-order valence-corrected chi connectivity index (χ0v) is 13.0. The minimum atomic E-state index is -0.167. The van der Waals surface area contributed by atoms with E-state index in [2.05, 4.69) is 0 Å². The molecule has 0 aromatic carbocycles. The van der Waals surface area contributed by atoms with E-state index in [0.29, 0.717) is 5.76 Å². The number of cyclic esters (lactones) is 1. The van der Waals surface area contributed by atoms with Gasteiger partial charge in [0.1, 0.15) is 5.76 Å². The van der Waals surface area contributed by atoms with Gasteiger partial charge in [0, 0.05) is 16.8 Å². The van der Waals surface area contributed by atoms with Crippen molar-refractivity contribution in [3.8, 4) is 0 Å². The molecule has 3 heteroatoms. The second kappa shape index (κ2) is 7.73. The summed E-state index contributed by atoms with van der Waals surface area (Å²) in [6.07, 6.45) is 9.74. The normalized spacial score (nSPS) is 21.4. The fourth-order valence-electron chi connectivity index (χ4n) is 2.36. The lowest BCUT2D eigenvalue weighted by Gasteiger charge is -2.10. The van der Waals surface area contributed by atoms with Crippen molar-refractivity contribution in [3.05, 3.63) is 46.4 Å². The van der Waals surface area contributed by atoms with Crippen LogP contribution in [0.3, 0.4) is 0 Å². The molecule has 2 aliphatic rings. The molecule has 0 aromatic rings.